The third kappa shape index (κ3) is 6.19. The highest BCUT2D eigenvalue weighted by Crippen LogP contribution is 2.07. The molecule has 0 heterocycles. The minimum atomic E-state index is -0.525. The SMILES string of the molecule is CCOC(=O)C=C(CCCN)C(=O)OCC. The van der Waals surface area contributed by atoms with Crippen LogP contribution in [0.25, 0.3) is 0 Å². The highest BCUT2D eigenvalue weighted by molar-refractivity contribution is 5.96. The molecule has 0 aromatic rings. The Balaban J connectivity index is 4.51. The number of rotatable bonds is 7. The molecule has 0 amide bonds. The number of nitrogens with two attached hydrogens (primary N) is 1. The summed E-state index contributed by atoms with van der Waals surface area (Å²) in [4.78, 5) is 22.6. The fraction of sp³-hybridized carbons (Fsp3) is 0.636. The van der Waals surface area contributed by atoms with E-state index in [9.17, 15) is 9.59 Å². The van der Waals surface area contributed by atoms with Crippen LogP contribution in [0.1, 0.15) is 26.7 Å². The van der Waals surface area contributed by atoms with Crippen molar-refractivity contribution in [3.63, 3.8) is 0 Å². The second-order valence-corrected chi connectivity index (χ2v) is 3.03. The van der Waals surface area contributed by atoms with E-state index in [0.29, 0.717) is 25.0 Å². The van der Waals surface area contributed by atoms with Gasteiger partial charge in [-0.15, -0.1) is 0 Å². The minimum Gasteiger partial charge on any atom is -0.463 e. The molecule has 0 aliphatic heterocycles. The van der Waals surface area contributed by atoms with Crippen LogP contribution in [-0.4, -0.2) is 31.7 Å². The molecule has 5 nitrogen and oxygen atoms in total. The lowest BCUT2D eigenvalue weighted by atomic mass is 10.1. The summed E-state index contributed by atoms with van der Waals surface area (Å²) in [6.45, 7) is 4.43. The van der Waals surface area contributed by atoms with Gasteiger partial charge in [0.15, 0.2) is 0 Å². The van der Waals surface area contributed by atoms with Crippen molar-refractivity contribution in [3.05, 3.63) is 11.6 Å². The van der Waals surface area contributed by atoms with Crippen LogP contribution in [0.4, 0.5) is 0 Å². The lowest BCUT2D eigenvalue weighted by Gasteiger charge is -2.06. The molecule has 0 aromatic heterocycles. The lowest BCUT2D eigenvalue weighted by Crippen LogP contribution is -2.12. The molecule has 0 radical (unpaired) electrons. The fourth-order valence-corrected chi connectivity index (χ4v) is 1.08. The van der Waals surface area contributed by atoms with E-state index in [1.54, 1.807) is 13.8 Å². The van der Waals surface area contributed by atoms with Gasteiger partial charge in [0, 0.05) is 11.6 Å². The maximum atomic E-state index is 11.4. The van der Waals surface area contributed by atoms with E-state index in [1.165, 1.54) is 6.08 Å². The Morgan fingerprint density at radius 1 is 1.19 bits per heavy atom. The Bertz CT molecular complexity index is 261. The predicted molar refractivity (Wildman–Crippen MR) is 59.6 cm³/mol. The van der Waals surface area contributed by atoms with Crippen molar-refractivity contribution in [2.24, 2.45) is 5.73 Å². The van der Waals surface area contributed by atoms with E-state index in [1.807, 2.05) is 0 Å². The first-order valence-electron chi connectivity index (χ1n) is 5.40. The fourth-order valence-electron chi connectivity index (χ4n) is 1.08. The van der Waals surface area contributed by atoms with Crippen molar-refractivity contribution in [2.45, 2.75) is 26.7 Å². The van der Waals surface area contributed by atoms with Gasteiger partial charge in [0.05, 0.1) is 13.2 Å². The van der Waals surface area contributed by atoms with E-state index in [2.05, 4.69) is 0 Å². The van der Waals surface area contributed by atoms with E-state index in [0.717, 1.165) is 0 Å². The first kappa shape index (κ1) is 14.6. The smallest absolute Gasteiger partial charge is 0.334 e. The Morgan fingerprint density at radius 2 is 1.81 bits per heavy atom. The zero-order valence-corrected chi connectivity index (χ0v) is 9.82. The van der Waals surface area contributed by atoms with Crippen LogP contribution in [0, 0.1) is 0 Å². The van der Waals surface area contributed by atoms with Crippen LogP contribution in [0.3, 0.4) is 0 Å². The molecule has 0 unspecified atom stereocenters. The molecular formula is C11H19NO4. The first-order chi connectivity index (χ1) is 7.65. The summed E-state index contributed by atoms with van der Waals surface area (Å²) >= 11 is 0. The molecule has 5 heteroatoms. The number of hydrogen-bond donors (Lipinski definition) is 1. The van der Waals surface area contributed by atoms with Crippen molar-refractivity contribution < 1.29 is 19.1 Å². The molecule has 16 heavy (non-hydrogen) atoms. The Morgan fingerprint density at radius 3 is 2.31 bits per heavy atom. The van der Waals surface area contributed by atoms with Gasteiger partial charge in [-0.1, -0.05) is 0 Å². The normalized spacial score (nSPS) is 11.1. The quantitative estimate of drug-likeness (QED) is 0.515. The van der Waals surface area contributed by atoms with Gasteiger partial charge in [-0.2, -0.15) is 0 Å². The number of hydrogen-bond acceptors (Lipinski definition) is 5. The van der Waals surface area contributed by atoms with Gasteiger partial charge in [0.1, 0.15) is 0 Å². The molecule has 0 rings (SSSR count). The second kappa shape index (κ2) is 8.91. The van der Waals surface area contributed by atoms with Crippen molar-refractivity contribution in [1.82, 2.24) is 0 Å². The zero-order valence-electron chi connectivity index (χ0n) is 9.82. The summed E-state index contributed by atoms with van der Waals surface area (Å²) in [6.07, 6.45) is 2.23. The van der Waals surface area contributed by atoms with E-state index < -0.39 is 11.9 Å². The van der Waals surface area contributed by atoms with Gasteiger partial charge < -0.3 is 15.2 Å². The van der Waals surface area contributed by atoms with Gasteiger partial charge in [-0.3, -0.25) is 0 Å². The van der Waals surface area contributed by atoms with Crippen LogP contribution in [-0.2, 0) is 19.1 Å². The molecular weight excluding hydrogens is 210 g/mol. The zero-order chi connectivity index (χ0) is 12.4. The number of esters is 2. The number of ether oxygens (including phenoxy) is 2. The minimum absolute atomic E-state index is 0.279. The maximum absolute atomic E-state index is 11.4. The molecule has 92 valence electrons. The molecule has 0 bridgehead atoms. The average molecular weight is 229 g/mol. The van der Waals surface area contributed by atoms with Crippen molar-refractivity contribution in [2.75, 3.05) is 19.8 Å². The summed E-state index contributed by atoms with van der Waals surface area (Å²) < 4.78 is 9.55. The first-order valence-corrected chi connectivity index (χ1v) is 5.40. The van der Waals surface area contributed by atoms with Gasteiger partial charge >= 0.3 is 11.9 Å². The van der Waals surface area contributed by atoms with Gasteiger partial charge in [-0.05, 0) is 33.2 Å². The summed E-state index contributed by atoms with van der Waals surface area (Å²) in [5.41, 5.74) is 5.66. The van der Waals surface area contributed by atoms with Crippen LogP contribution in [0.5, 0.6) is 0 Å². The third-order valence-corrected chi connectivity index (χ3v) is 1.77. The average Bonchev–Trinajstić information content (AvgIpc) is 2.24. The van der Waals surface area contributed by atoms with Crippen LogP contribution >= 0.6 is 0 Å². The predicted octanol–water partition coefficient (Wildman–Crippen LogP) is 0.778. The molecule has 0 aliphatic rings. The second-order valence-electron chi connectivity index (χ2n) is 3.03. The summed E-state index contributed by atoms with van der Waals surface area (Å²) in [7, 11) is 0. The third-order valence-electron chi connectivity index (χ3n) is 1.77. The standard InChI is InChI=1S/C11H19NO4/c1-3-15-10(13)8-9(6-5-7-12)11(14)16-4-2/h8H,3-7,12H2,1-2H3. The van der Waals surface area contributed by atoms with E-state index in [4.69, 9.17) is 15.2 Å². The van der Waals surface area contributed by atoms with Gasteiger partial charge in [0.25, 0.3) is 0 Å². The molecule has 2 N–H and O–H groups in total. The Hall–Kier alpha value is -1.36. The van der Waals surface area contributed by atoms with Crippen molar-refractivity contribution in [3.8, 4) is 0 Å². The number of carbonyl (C=O) groups is 2. The van der Waals surface area contributed by atoms with E-state index in [-0.39, 0.29) is 13.2 Å². The number of carbonyl (C=O) groups excluding carboxylic acids is 2. The van der Waals surface area contributed by atoms with Crippen LogP contribution < -0.4 is 5.73 Å². The highest BCUT2D eigenvalue weighted by atomic mass is 16.5. The Kier molecular flexibility index (Phi) is 8.15. The van der Waals surface area contributed by atoms with Crippen molar-refractivity contribution >= 4 is 11.9 Å². The lowest BCUT2D eigenvalue weighted by molar-refractivity contribution is -0.141. The highest BCUT2D eigenvalue weighted by Gasteiger charge is 2.12. The van der Waals surface area contributed by atoms with Crippen LogP contribution in [0.15, 0.2) is 11.6 Å². The Labute approximate surface area is 95.6 Å². The molecule has 0 saturated heterocycles. The van der Waals surface area contributed by atoms with Gasteiger partial charge in [-0.25, -0.2) is 9.59 Å². The van der Waals surface area contributed by atoms with E-state index >= 15 is 0 Å². The molecule has 0 aliphatic carbocycles. The molecule has 0 atom stereocenters. The monoisotopic (exact) mass is 229 g/mol. The van der Waals surface area contributed by atoms with Crippen LogP contribution in [0.2, 0.25) is 0 Å². The molecule has 0 saturated carbocycles. The summed E-state index contributed by atoms with van der Waals surface area (Å²) in [5, 5.41) is 0. The maximum Gasteiger partial charge on any atom is 0.334 e. The largest absolute Gasteiger partial charge is 0.463 e. The molecule has 0 aromatic carbocycles. The summed E-state index contributed by atoms with van der Waals surface area (Å²) in [5.74, 6) is -1.01. The topological polar surface area (TPSA) is 78.6 Å². The molecule has 0 spiro atoms. The summed E-state index contributed by atoms with van der Waals surface area (Å²) in [6, 6.07) is 0. The molecule has 0 fully saturated rings. The van der Waals surface area contributed by atoms with Crippen molar-refractivity contribution in [1.29, 1.82) is 0 Å². The van der Waals surface area contributed by atoms with Gasteiger partial charge in [0.2, 0.25) is 0 Å².